The van der Waals surface area contributed by atoms with E-state index in [9.17, 15) is 19.2 Å². The number of rotatable bonds is 18. The Labute approximate surface area is 310 Å². The van der Waals surface area contributed by atoms with E-state index in [1.54, 1.807) is 107 Å². The Bertz CT molecular complexity index is 1830. The van der Waals surface area contributed by atoms with Crippen LogP contribution < -0.4 is 23.7 Å². The second-order valence-electron chi connectivity index (χ2n) is 13.3. The third-order valence-electron chi connectivity index (χ3n) is 8.52. The third kappa shape index (κ3) is 12.4. The first-order valence-corrected chi connectivity index (χ1v) is 17.4. The number of methoxy groups -OCH3 is 1. The minimum absolute atomic E-state index is 0.206. The molecule has 0 amide bonds. The van der Waals surface area contributed by atoms with Crippen LogP contribution in [-0.4, -0.2) is 44.2 Å². The third-order valence-corrected chi connectivity index (χ3v) is 8.52. The van der Waals surface area contributed by atoms with Crippen LogP contribution in [0.4, 0.5) is 0 Å². The van der Waals surface area contributed by atoms with Crippen LogP contribution in [-0.2, 0) is 19.1 Å². The molecular weight excluding hydrogens is 676 g/mol. The first kappa shape index (κ1) is 39.9. The molecule has 0 saturated carbocycles. The van der Waals surface area contributed by atoms with Gasteiger partial charge in [-0.05, 0) is 131 Å². The molecule has 0 fully saturated rings. The summed E-state index contributed by atoms with van der Waals surface area (Å²) in [5.41, 5.74) is -0.664. The predicted octanol–water partition coefficient (Wildman–Crippen LogP) is 8.67. The molecule has 10 heteroatoms. The highest BCUT2D eigenvalue weighted by Crippen LogP contribution is 2.39. The Balaban J connectivity index is 1.16. The summed E-state index contributed by atoms with van der Waals surface area (Å²) in [4.78, 5) is 51.1. The zero-order valence-corrected chi connectivity index (χ0v) is 30.8. The van der Waals surface area contributed by atoms with E-state index in [2.05, 4.69) is 0 Å². The maximum Gasteiger partial charge on any atom is 0.343 e. The minimum atomic E-state index is -1.01. The quantitative estimate of drug-likeness (QED) is 0.0427. The van der Waals surface area contributed by atoms with E-state index in [-0.39, 0.29) is 24.7 Å². The van der Waals surface area contributed by atoms with Crippen LogP contribution in [0.25, 0.3) is 6.08 Å². The Morgan fingerprint density at radius 3 is 1.77 bits per heavy atom. The van der Waals surface area contributed by atoms with Crippen molar-refractivity contribution >= 4 is 30.0 Å². The second kappa shape index (κ2) is 19.1. The summed E-state index contributed by atoms with van der Waals surface area (Å²) >= 11 is 0. The molecule has 278 valence electrons. The van der Waals surface area contributed by atoms with Crippen molar-refractivity contribution in [2.24, 2.45) is 10.8 Å². The van der Waals surface area contributed by atoms with Gasteiger partial charge in [-0.15, -0.1) is 0 Å². The van der Waals surface area contributed by atoms with E-state index in [1.165, 1.54) is 6.08 Å². The van der Waals surface area contributed by atoms with Crippen LogP contribution in [0.3, 0.4) is 0 Å². The van der Waals surface area contributed by atoms with E-state index in [0.29, 0.717) is 54.4 Å². The van der Waals surface area contributed by atoms with Crippen LogP contribution in [0.2, 0.25) is 0 Å². The fourth-order valence-corrected chi connectivity index (χ4v) is 5.32. The number of unbranched alkanes of at least 4 members (excludes halogenated alkanes) is 1. The zero-order chi connectivity index (χ0) is 38.3. The molecule has 0 spiro atoms. The van der Waals surface area contributed by atoms with E-state index in [4.69, 9.17) is 28.4 Å². The van der Waals surface area contributed by atoms with Gasteiger partial charge in [-0.3, -0.25) is 9.59 Å². The Kier molecular flexibility index (Phi) is 14.4. The molecule has 0 heterocycles. The monoisotopic (exact) mass is 722 g/mol. The van der Waals surface area contributed by atoms with Crippen molar-refractivity contribution in [2.45, 2.75) is 53.4 Å². The van der Waals surface area contributed by atoms with Gasteiger partial charge in [0.25, 0.3) is 0 Å². The maximum atomic E-state index is 13.2. The number of carbonyl (C=O) groups is 4. The molecule has 10 nitrogen and oxygen atoms in total. The first-order valence-electron chi connectivity index (χ1n) is 17.4. The van der Waals surface area contributed by atoms with Crippen LogP contribution >= 0.6 is 0 Å². The Hall–Kier alpha value is -5.90. The lowest BCUT2D eigenvalue weighted by Crippen LogP contribution is -2.39. The van der Waals surface area contributed by atoms with Gasteiger partial charge in [0.2, 0.25) is 0 Å². The van der Waals surface area contributed by atoms with Crippen molar-refractivity contribution in [1.29, 1.82) is 0 Å². The average molecular weight is 723 g/mol. The van der Waals surface area contributed by atoms with E-state index < -0.39 is 28.7 Å². The molecule has 1 atom stereocenters. The van der Waals surface area contributed by atoms with E-state index in [1.807, 2.05) is 37.3 Å². The Morgan fingerprint density at radius 1 is 0.623 bits per heavy atom. The van der Waals surface area contributed by atoms with Crippen molar-refractivity contribution in [3.8, 4) is 28.7 Å². The van der Waals surface area contributed by atoms with Crippen LogP contribution in [0, 0.1) is 10.8 Å². The van der Waals surface area contributed by atoms with Gasteiger partial charge in [0.05, 0.1) is 36.7 Å². The van der Waals surface area contributed by atoms with Gasteiger partial charge in [-0.1, -0.05) is 37.3 Å². The van der Waals surface area contributed by atoms with Gasteiger partial charge < -0.3 is 28.4 Å². The summed E-state index contributed by atoms with van der Waals surface area (Å²) in [6.07, 6.45) is 4.90. The van der Waals surface area contributed by atoms with Gasteiger partial charge in [-0.25, -0.2) is 9.59 Å². The lowest BCUT2D eigenvalue weighted by molar-refractivity contribution is -0.160. The number of hydrogen-bond acceptors (Lipinski definition) is 10. The number of benzene rings is 4. The van der Waals surface area contributed by atoms with Gasteiger partial charge in [-0.2, -0.15) is 0 Å². The highest BCUT2D eigenvalue weighted by atomic mass is 16.5. The molecular formula is C43H46O10. The zero-order valence-electron chi connectivity index (χ0n) is 30.8. The maximum absolute atomic E-state index is 13.2. The highest BCUT2D eigenvalue weighted by Gasteiger charge is 2.43. The number of ether oxygens (including phenoxy) is 6. The molecule has 4 aromatic carbocycles. The average Bonchev–Trinajstić information content (AvgIpc) is 3.16. The molecule has 0 aromatic heterocycles. The standard InChI is InChI=1S/C43H46O10/c1-6-43(4,30-42(2,3)40(46)53-37-25-23-35(24-26-37)51-38(44)27-14-31-12-8-7-9-13-31)41(47)50-29-11-10-28-49-34-17-15-32(16-18-34)39(45)52-36-21-19-33(48-5)20-22-36/h7-9,12-27H,6,10-11,28-30H2,1-5H3/b27-14+. The van der Waals surface area contributed by atoms with Crippen molar-refractivity contribution in [3.63, 3.8) is 0 Å². The van der Waals surface area contributed by atoms with Gasteiger partial charge in [0, 0.05) is 6.08 Å². The molecule has 0 aliphatic heterocycles. The summed E-state index contributed by atoms with van der Waals surface area (Å²) in [5, 5.41) is 0. The summed E-state index contributed by atoms with van der Waals surface area (Å²) < 4.78 is 32.9. The normalized spacial score (nSPS) is 12.3. The summed E-state index contributed by atoms with van der Waals surface area (Å²) in [6, 6.07) is 29.0. The van der Waals surface area contributed by atoms with Crippen LogP contribution in [0.15, 0.2) is 109 Å². The van der Waals surface area contributed by atoms with E-state index in [0.717, 1.165) is 5.56 Å². The van der Waals surface area contributed by atoms with Crippen molar-refractivity contribution in [2.75, 3.05) is 20.3 Å². The van der Waals surface area contributed by atoms with Crippen molar-refractivity contribution < 1.29 is 47.6 Å². The lowest BCUT2D eigenvalue weighted by atomic mass is 9.72. The van der Waals surface area contributed by atoms with Crippen LogP contribution in [0.1, 0.15) is 69.3 Å². The summed E-state index contributed by atoms with van der Waals surface area (Å²) in [5.74, 6) is 0.368. The number of carbonyl (C=O) groups excluding carboxylic acids is 4. The highest BCUT2D eigenvalue weighted by molar-refractivity contribution is 5.91. The topological polar surface area (TPSA) is 124 Å². The minimum Gasteiger partial charge on any atom is -0.497 e. The molecule has 0 aliphatic rings. The molecule has 0 N–H and O–H groups in total. The molecule has 4 aromatic rings. The SMILES string of the molecule is CCC(C)(CC(C)(C)C(=O)Oc1ccc(OC(=O)/C=C/c2ccccc2)cc1)C(=O)OCCCCOc1ccc(C(=O)Oc2ccc(OC)cc2)cc1. The fourth-order valence-electron chi connectivity index (χ4n) is 5.32. The largest absolute Gasteiger partial charge is 0.497 e. The summed E-state index contributed by atoms with van der Waals surface area (Å²) in [7, 11) is 1.56. The van der Waals surface area contributed by atoms with Crippen molar-refractivity contribution in [3.05, 3.63) is 120 Å². The lowest BCUT2D eigenvalue weighted by Gasteiger charge is -2.33. The Morgan fingerprint density at radius 2 is 1.17 bits per heavy atom. The number of esters is 4. The molecule has 0 radical (unpaired) electrons. The van der Waals surface area contributed by atoms with Gasteiger partial charge in [0.15, 0.2) is 0 Å². The fraction of sp³-hybridized carbons (Fsp3) is 0.302. The van der Waals surface area contributed by atoms with Crippen LogP contribution in [0.5, 0.6) is 28.7 Å². The number of hydrogen-bond donors (Lipinski definition) is 0. The molecule has 1 unspecified atom stereocenters. The predicted molar refractivity (Wildman–Crippen MR) is 200 cm³/mol. The molecule has 0 aliphatic carbocycles. The first-order chi connectivity index (χ1) is 25.4. The molecule has 0 bridgehead atoms. The van der Waals surface area contributed by atoms with Gasteiger partial charge >= 0.3 is 23.9 Å². The molecule has 0 saturated heterocycles. The molecule has 4 rings (SSSR count). The van der Waals surface area contributed by atoms with Gasteiger partial charge in [0.1, 0.15) is 28.7 Å². The summed E-state index contributed by atoms with van der Waals surface area (Å²) in [6.45, 7) is 7.75. The smallest absolute Gasteiger partial charge is 0.343 e. The van der Waals surface area contributed by atoms with Crippen molar-refractivity contribution in [1.82, 2.24) is 0 Å². The van der Waals surface area contributed by atoms with E-state index >= 15 is 0 Å². The molecule has 53 heavy (non-hydrogen) atoms. The second-order valence-corrected chi connectivity index (χ2v) is 13.3.